The molecular formula is C26H25F2N5O6S. The van der Waals surface area contributed by atoms with Crippen LogP contribution in [0.2, 0.25) is 0 Å². The van der Waals surface area contributed by atoms with Gasteiger partial charge in [0.05, 0.1) is 30.9 Å². The fraction of sp³-hybridized carbons (Fsp3) is 0.269. The fourth-order valence-electron chi connectivity index (χ4n) is 4.94. The summed E-state index contributed by atoms with van der Waals surface area (Å²) < 4.78 is 56.3. The third-order valence-corrected chi connectivity index (χ3v) is 7.38. The number of benzene rings is 2. The molecule has 14 heteroatoms. The van der Waals surface area contributed by atoms with Gasteiger partial charge in [-0.15, -0.1) is 0 Å². The van der Waals surface area contributed by atoms with E-state index < -0.39 is 58.5 Å². The average Bonchev–Trinajstić information content (AvgIpc) is 3.41. The number of carbonyl (C=O) groups is 1. The second kappa shape index (κ2) is 11.0. The largest absolute Gasteiger partial charge is 0.390 e. The molecule has 1 aliphatic carbocycles. The van der Waals surface area contributed by atoms with Gasteiger partial charge in [0.25, 0.3) is 0 Å². The molecule has 0 spiro atoms. The van der Waals surface area contributed by atoms with Gasteiger partial charge < -0.3 is 20.1 Å². The highest BCUT2D eigenvalue weighted by atomic mass is 32.2. The minimum absolute atomic E-state index is 0.0461. The Hall–Kier alpha value is -3.82. The minimum atomic E-state index is -4.24. The van der Waals surface area contributed by atoms with Crippen LogP contribution in [-0.4, -0.2) is 63.8 Å². The van der Waals surface area contributed by atoms with Gasteiger partial charge in [-0.2, -0.15) is 8.42 Å². The molecule has 11 nitrogen and oxygen atoms in total. The molecule has 2 aromatic carbocycles. The Labute approximate surface area is 227 Å². The van der Waals surface area contributed by atoms with Crippen molar-refractivity contribution < 1.29 is 36.4 Å². The number of hydrogen-bond acceptors (Lipinski definition) is 9. The maximum Gasteiger partial charge on any atom is 0.333 e. The van der Waals surface area contributed by atoms with Gasteiger partial charge >= 0.3 is 10.3 Å². The van der Waals surface area contributed by atoms with Crippen LogP contribution < -0.4 is 10.5 Å². The zero-order valence-electron chi connectivity index (χ0n) is 20.8. The molecule has 0 bridgehead atoms. The van der Waals surface area contributed by atoms with E-state index in [-0.39, 0.29) is 35.5 Å². The summed E-state index contributed by atoms with van der Waals surface area (Å²) in [6.07, 6.45) is 1.55. The van der Waals surface area contributed by atoms with Crippen LogP contribution >= 0.6 is 0 Å². The van der Waals surface area contributed by atoms with Crippen molar-refractivity contribution in [1.29, 1.82) is 0 Å². The van der Waals surface area contributed by atoms with Crippen LogP contribution in [0.5, 0.6) is 0 Å². The first-order chi connectivity index (χ1) is 19.0. The molecule has 2 aromatic heterocycles. The minimum Gasteiger partial charge on any atom is -0.390 e. The molecule has 0 saturated heterocycles. The Morgan fingerprint density at radius 2 is 1.93 bits per heavy atom. The summed E-state index contributed by atoms with van der Waals surface area (Å²) in [5.74, 6) is -2.53. The predicted molar refractivity (Wildman–Crippen MR) is 139 cm³/mol. The third kappa shape index (κ3) is 5.71. The summed E-state index contributed by atoms with van der Waals surface area (Å²) in [4.78, 5) is 21.9. The van der Waals surface area contributed by atoms with E-state index in [2.05, 4.69) is 19.5 Å². The number of aromatic nitrogens is 3. The van der Waals surface area contributed by atoms with Crippen molar-refractivity contribution in [2.24, 2.45) is 11.1 Å². The van der Waals surface area contributed by atoms with Crippen molar-refractivity contribution >= 4 is 32.8 Å². The number of fused-ring (bicyclic) bond motifs is 1. The highest BCUT2D eigenvalue weighted by Gasteiger charge is 2.42. The summed E-state index contributed by atoms with van der Waals surface area (Å²) in [5.41, 5.74) is 1.24. The molecule has 1 fully saturated rings. The van der Waals surface area contributed by atoms with Gasteiger partial charge in [-0.1, -0.05) is 24.3 Å². The number of nitrogens with one attached hydrogen (secondary N) is 1. The number of anilines is 1. The molecule has 4 atom stereocenters. The summed E-state index contributed by atoms with van der Waals surface area (Å²) in [5, 5.41) is 29.3. The maximum atomic E-state index is 14.4. The number of nitrogens with zero attached hydrogens (tertiary/aromatic N) is 3. The molecule has 210 valence electrons. The molecule has 40 heavy (non-hydrogen) atoms. The number of rotatable bonds is 9. The van der Waals surface area contributed by atoms with Crippen molar-refractivity contribution in [3.8, 4) is 0 Å². The molecule has 5 rings (SSSR count). The normalized spacial score (nSPS) is 21.1. The number of halogens is 2. The van der Waals surface area contributed by atoms with Gasteiger partial charge in [0.1, 0.15) is 29.9 Å². The number of aliphatic hydroxyl groups is 2. The highest BCUT2D eigenvalue weighted by molar-refractivity contribution is 7.84. The van der Waals surface area contributed by atoms with Crippen molar-refractivity contribution in [2.45, 2.75) is 31.2 Å². The van der Waals surface area contributed by atoms with E-state index in [1.165, 1.54) is 18.6 Å². The van der Waals surface area contributed by atoms with Gasteiger partial charge in [0, 0.05) is 46.4 Å². The maximum absolute atomic E-state index is 14.4. The van der Waals surface area contributed by atoms with E-state index in [1.54, 1.807) is 35.0 Å². The molecule has 0 amide bonds. The molecule has 0 radical (unpaired) electrons. The summed E-state index contributed by atoms with van der Waals surface area (Å²) in [6.45, 7) is -0.386. The number of nitrogens with two attached hydrogens (primary N) is 1. The standard InChI is InChI=1S/C26H25F2N5O6S/c27-16-6-5-14(20(28)8-16)10-33-11-19(17-3-1-2-4-22(17)33)24(35)18-9-30-13-31-26(18)32-21-7-15(23(34)25(21)36)12-39-40(29,37)38/h1-6,8-9,11,13,15,21,23,25,34,36H,7,10,12H2,(H2,29,37,38)(H,30,31,32)/t15-,21-,23-,25+/m1/s1. The van der Waals surface area contributed by atoms with E-state index in [0.717, 1.165) is 12.1 Å². The van der Waals surface area contributed by atoms with E-state index in [9.17, 15) is 32.2 Å². The summed E-state index contributed by atoms with van der Waals surface area (Å²) in [7, 11) is -4.24. The molecule has 0 aliphatic heterocycles. The Morgan fingerprint density at radius 1 is 1.15 bits per heavy atom. The number of carbonyl (C=O) groups excluding carboxylic acids is 1. The summed E-state index contributed by atoms with van der Waals surface area (Å²) in [6, 6.07) is 9.54. The lowest BCUT2D eigenvalue weighted by Gasteiger charge is -2.19. The molecule has 4 aromatic rings. The molecule has 5 N–H and O–H groups in total. The zero-order valence-corrected chi connectivity index (χ0v) is 21.6. The van der Waals surface area contributed by atoms with Crippen molar-refractivity contribution in [2.75, 3.05) is 11.9 Å². The van der Waals surface area contributed by atoms with Crippen molar-refractivity contribution in [1.82, 2.24) is 14.5 Å². The Balaban J connectivity index is 1.43. The van der Waals surface area contributed by atoms with Crippen LogP contribution in [-0.2, 0) is 21.0 Å². The van der Waals surface area contributed by atoms with Crippen molar-refractivity contribution in [3.63, 3.8) is 0 Å². The topological polar surface area (TPSA) is 170 Å². The lowest BCUT2D eigenvalue weighted by atomic mass is 10.0. The monoisotopic (exact) mass is 573 g/mol. The highest BCUT2D eigenvalue weighted by Crippen LogP contribution is 2.32. The van der Waals surface area contributed by atoms with Crippen LogP contribution in [0.3, 0.4) is 0 Å². The van der Waals surface area contributed by atoms with Gasteiger partial charge in [-0.05, 0) is 18.6 Å². The van der Waals surface area contributed by atoms with Gasteiger partial charge in [0.2, 0.25) is 0 Å². The SMILES string of the molecule is NS(=O)(=O)OC[C@H]1C[C@@H](Nc2ncncc2C(=O)c2cn(Cc3ccc(F)cc3F)c3ccccc23)[C@H](O)[C@@H]1O. The van der Waals surface area contributed by atoms with Crippen LogP contribution in [0.4, 0.5) is 14.6 Å². The first-order valence-corrected chi connectivity index (χ1v) is 13.7. The second-order valence-corrected chi connectivity index (χ2v) is 10.8. The van der Waals surface area contributed by atoms with E-state index in [1.807, 2.05) is 0 Å². The van der Waals surface area contributed by atoms with E-state index in [0.29, 0.717) is 10.9 Å². The number of ketones is 1. The van der Waals surface area contributed by atoms with Gasteiger partial charge in [-0.3, -0.25) is 8.98 Å². The number of hydrogen-bond donors (Lipinski definition) is 4. The Morgan fingerprint density at radius 3 is 2.67 bits per heavy atom. The molecule has 1 aliphatic rings. The average molecular weight is 574 g/mol. The molecular weight excluding hydrogens is 548 g/mol. The van der Waals surface area contributed by atoms with E-state index in [4.69, 9.17) is 5.14 Å². The lowest BCUT2D eigenvalue weighted by molar-refractivity contribution is 0.00778. The quantitative estimate of drug-likeness (QED) is 0.218. The molecule has 0 unspecified atom stereocenters. The van der Waals surface area contributed by atoms with Gasteiger partial charge in [0.15, 0.2) is 5.78 Å². The predicted octanol–water partition coefficient (Wildman–Crippen LogP) is 1.73. The molecule has 1 saturated carbocycles. The molecule has 2 heterocycles. The first kappa shape index (κ1) is 27.7. The van der Waals surface area contributed by atoms with Crippen LogP contribution in [0, 0.1) is 17.6 Å². The zero-order chi connectivity index (χ0) is 28.6. The van der Waals surface area contributed by atoms with Gasteiger partial charge in [-0.25, -0.2) is 23.9 Å². The van der Waals surface area contributed by atoms with Crippen LogP contribution in [0.15, 0.2) is 61.2 Å². The summed E-state index contributed by atoms with van der Waals surface area (Å²) >= 11 is 0. The van der Waals surface area contributed by atoms with Crippen molar-refractivity contribution in [3.05, 3.63) is 89.5 Å². The number of para-hydroxylation sites is 1. The van der Waals surface area contributed by atoms with Crippen LogP contribution in [0.1, 0.15) is 27.9 Å². The first-order valence-electron chi connectivity index (χ1n) is 12.2. The Kier molecular flexibility index (Phi) is 7.61. The fourth-order valence-corrected chi connectivity index (χ4v) is 5.30. The third-order valence-electron chi connectivity index (χ3n) is 6.92. The Bertz CT molecular complexity index is 1680. The second-order valence-electron chi connectivity index (χ2n) is 9.54. The lowest BCUT2D eigenvalue weighted by Crippen LogP contribution is -2.36. The van der Waals surface area contributed by atoms with Crippen LogP contribution in [0.25, 0.3) is 10.9 Å². The number of aliphatic hydroxyl groups excluding tert-OH is 2. The van der Waals surface area contributed by atoms with E-state index >= 15 is 0 Å². The smallest absolute Gasteiger partial charge is 0.333 e.